The fraction of sp³-hybridized carbons (Fsp3) is 0.600. The predicted octanol–water partition coefficient (Wildman–Crippen LogP) is 0.288. The molecular formula is C10H18N4O2S2. The zero-order valence-corrected chi connectivity index (χ0v) is 12.5. The number of nitrogens with two attached hydrogens (primary N) is 1. The highest BCUT2D eigenvalue weighted by molar-refractivity contribution is 7.84. The van der Waals surface area contributed by atoms with E-state index in [1.54, 1.807) is 11.2 Å². The maximum absolute atomic E-state index is 11.9. The van der Waals surface area contributed by atoms with Crippen molar-refractivity contribution in [2.24, 2.45) is 0 Å². The van der Waals surface area contributed by atoms with E-state index >= 15 is 0 Å². The highest BCUT2D eigenvalue weighted by Crippen LogP contribution is 2.26. The van der Waals surface area contributed by atoms with Gasteiger partial charge in [-0.1, -0.05) is 11.3 Å². The highest BCUT2D eigenvalue weighted by atomic mass is 32.2. The summed E-state index contributed by atoms with van der Waals surface area (Å²) in [5.74, 6) is -0.0399. The van der Waals surface area contributed by atoms with E-state index in [0.717, 1.165) is 0 Å². The second kappa shape index (κ2) is 6.14. The first-order valence-electron chi connectivity index (χ1n) is 5.37. The lowest BCUT2D eigenvalue weighted by Gasteiger charge is -2.09. The van der Waals surface area contributed by atoms with Crippen LogP contribution in [0.3, 0.4) is 0 Å². The molecule has 1 aromatic rings. The van der Waals surface area contributed by atoms with Gasteiger partial charge in [0.25, 0.3) is 5.91 Å². The first-order chi connectivity index (χ1) is 8.32. The summed E-state index contributed by atoms with van der Waals surface area (Å²) in [4.78, 5) is 18.2. The number of aromatic nitrogens is 1. The van der Waals surface area contributed by atoms with Gasteiger partial charge in [-0.3, -0.25) is 9.00 Å². The Balaban J connectivity index is 2.70. The molecule has 8 heteroatoms. The summed E-state index contributed by atoms with van der Waals surface area (Å²) in [6.07, 6.45) is 1.61. The van der Waals surface area contributed by atoms with E-state index in [0.29, 0.717) is 16.6 Å². The van der Waals surface area contributed by atoms with Crippen molar-refractivity contribution in [3.8, 4) is 0 Å². The van der Waals surface area contributed by atoms with Crippen molar-refractivity contribution in [3.63, 3.8) is 0 Å². The van der Waals surface area contributed by atoms with Crippen LogP contribution in [0.2, 0.25) is 0 Å². The van der Waals surface area contributed by atoms with Crippen LogP contribution in [0.15, 0.2) is 0 Å². The van der Waals surface area contributed by atoms with Gasteiger partial charge < -0.3 is 16.0 Å². The summed E-state index contributed by atoms with van der Waals surface area (Å²) in [5.41, 5.74) is 5.70. The Bertz CT molecular complexity index is 459. The molecule has 1 aromatic heterocycles. The SMILES string of the molecule is CC(CNC(=O)c1sc(N(C)C)nc1N)S(C)=O. The fourth-order valence-corrected chi connectivity index (χ4v) is 2.25. The van der Waals surface area contributed by atoms with Crippen molar-refractivity contribution >= 4 is 39.0 Å². The standard InChI is InChI=1S/C10H18N4O2S2/c1-6(18(4)16)5-12-9(15)7-8(11)13-10(17-7)14(2)3/h6H,5,11H2,1-4H3,(H,12,15). The van der Waals surface area contributed by atoms with Crippen LogP contribution in [0, 0.1) is 0 Å². The summed E-state index contributed by atoms with van der Waals surface area (Å²) in [7, 11) is 2.71. The van der Waals surface area contributed by atoms with E-state index in [2.05, 4.69) is 10.3 Å². The van der Waals surface area contributed by atoms with E-state index in [4.69, 9.17) is 5.73 Å². The minimum absolute atomic E-state index is 0.0867. The van der Waals surface area contributed by atoms with Gasteiger partial charge in [0.2, 0.25) is 0 Å². The van der Waals surface area contributed by atoms with E-state index < -0.39 is 10.8 Å². The smallest absolute Gasteiger partial charge is 0.265 e. The van der Waals surface area contributed by atoms with Crippen LogP contribution in [0.4, 0.5) is 10.9 Å². The number of carbonyl (C=O) groups excluding carboxylic acids is 1. The number of thiazole rings is 1. The van der Waals surface area contributed by atoms with Crippen molar-refractivity contribution in [2.75, 3.05) is 37.5 Å². The van der Waals surface area contributed by atoms with Crippen molar-refractivity contribution in [1.29, 1.82) is 0 Å². The summed E-state index contributed by atoms with van der Waals surface area (Å²) in [6.45, 7) is 2.17. The quantitative estimate of drug-likeness (QED) is 0.813. The van der Waals surface area contributed by atoms with Gasteiger partial charge in [-0.15, -0.1) is 0 Å². The number of amides is 1. The molecule has 3 N–H and O–H groups in total. The second-order valence-corrected chi connectivity index (χ2v) is 6.90. The van der Waals surface area contributed by atoms with Crippen molar-refractivity contribution < 1.29 is 9.00 Å². The molecule has 2 atom stereocenters. The van der Waals surface area contributed by atoms with Gasteiger partial charge in [0.1, 0.15) is 10.7 Å². The van der Waals surface area contributed by atoms with E-state index in [1.165, 1.54) is 11.3 Å². The molecule has 6 nitrogen and oxygen atoms in total. The molecule has 102 valence electrons. The molecule has 0 bridgehead atoms. The molecular weight excluding hydrogens is 272 g/mol. The Hall–Kier alpha value is -1.15. The molecule has 1 rings (SSSR count). The first-order valence-corrected chi connectivity index (χ1v) is 7.80. The van der Waals surface area contributed by atoms with Gasteiger partial charge in [0.05, 0.1) is 0 Å². The molecule has 0 radical (unpaired) electrons. The Kier molecular flexibility index (Phi) is 5.09. The monoisotopic (exact) mass is 290 g/mol. The number of nitrogens with one attached hydrogen (secondary N) is 1. The van der Waals surface area contributed by atoms with Gasteiger partial charge in [-0.05, 0) is 6.92 Å². The topological polar surface area (TPSA) is 88.3 Å². The van der Waals surface area contributed by atoms with Crippen LogP contribution >= 0.6 is 11.3 Å². The van der Waals surface area contributed by atoms with Crippen LogP contribution in [-0.4, -0.2) is 47.2 Å². The van der Waals surface area contributed by atoms with E-state index in [-0.39, 0.29) is 17.0 Å². The average Bonchev–Trinajstić information content (AvgIpc) is 2.67. The lowest BCUT2D eigenvalue weighted by Crippen LogP contribution is -2.32. The largest absolute Gasteiger partial charge is 0.382 e. The average molecular weight is 290 g/mol. The third kappa shape index (κ3) is 3.67. The first kappa shape index (κ1) is 14.9. The molecule has 1 heterocycles. The number of nitrogen functional groups attached to an aromatic ring is 1. The summed E-state index contributed by atoms with van der Waals surface area (Å²) >= 11 is 1.24. The second-order valence-electron chi connectivity index (χ2n) is 4.12. The number of nitrogens with zero attached hydrogens (tertiary/aromatic N) is 2. The number of carbonyl (C=O) groups is 1. The van der Waals surface area contributed by atoms with Gasteiger partial charge >= 0.3 is 0 Å². The minimum atomic E-state index is -0.957. The van der Waals surface area contributed by atoms with Crippen LogP contribution in [0.5, 0.6) is 0 Å². The molecule has 1 amide bonds. The van der Waals surface area contributed by atoms with Crippen molar-refractivity contribution in [2.45, 2.75) is 12.2 Å². The molecule has 0 aliphatic heterocycles. The third-order valence-electron chi connectivity index (χ3n) is 2.35. The van der Waals surface area contributed by atoms with E-state index in [9.17, 15) is 9.00 Å². The fourth-order valence-electron chi connectivity index (χ4n) is 1.11. The number of hydrogen-bond donors (Lipinski definition) is 2. The lowest BCUT2D eigenvalue weighted by atomic mass is 10.4. The van der Waals surface area contributed by atoms with E-state index in [1.807, 2.05) is 21.0 Å². The van der Waals surface area contributed by atoms with Gasteiger partial charge in [-0.25, -0.2) is 4.98 Å². The molecule has 0 aliphatic carbocycles. The molecule has 0 aromatic carbocycles. The predicted molar refractivity (Wildman–Crippen MR) is 76.7 cm³/mol. The van der Waals surface area contributed by atoms with Crippen molar-refractivity contribution in [1.82, 2.24) is 10.3 Å². The summed E-state index contributed by atoms with van der Waals surface area (Å²) < 4.78 is 11.2. The van der Waals surface area contributed by atoms with Crippen LogP contribution in [-0.2, 0) is 10.8 Å². The zero-order chi connectivity index (χ0) is 13.9. The normalized spacial score (nSPS) is 14.0. The summed E-state index contributed by atoms with van der Waals surface area (Å²) in [6, 6.07) is 0. The summed E-state index contributed by atoms with van der Waals surface area (Å²) in [5, 5.41) is 3.31. The minimum Gasteiger partial charge on any atom is -0.382 e. The number of rotatable bonds is 5. The molecule has 0 fully saturated rings. The highest BCUT2D eigenvalue weighted by Gasteiger charge is 2.18. The molecule has 18 heavy (non-hydrogen) atoms. The van der Waals surface area contributed by atoms with Crippen molar-refractivity contribution in [3.05, 3.63) is 4.88 Å². The maximum atomic E-state index is 11.9. The zero-order valence-electron chi connectivity index (χ0n) is 10.9. The van der Waals surface area contributed by atoms with Gasteiger partial charge in [0, 0.05) is 42.9 Å². The maximum Gasteiger partial charge on any atom is 0.265 e. The van der Waals surface area contributed by atoms with Crippen LogP contribution < -0.4 is 16.0 Å². The molecule has 0 spiro atoms. The van der Waals surface area contributed by atoms with Gasteiger partial charge in [-0.2, -0.15) is 0 Å². The van der Waals surface area contributed by atoms with Crippen LogP contribution in [0.1, 0.15) is 16.6 Å². The Morgan fingerprint density at radius 3 is 2.67 bits per heavy atom. The van der Waals surface area contributed by atoms with Gasteiger partial charge in [0.15, 0.2) is 5.13 Å². The van der Waals surface area contributed by atoms with Crippen LogP contribution in [0.25, 0.3) is 0 Å². The number of anilines is 2. The Morgan fingerprint density at radius 1 is 1.61 bits per heavy atom. The third-order valence-corrected chi connectivity index (χ3v) is 4.89. The Labute approximate surface area is 113 Å². The molecule has 0 aliphatic rings. The number of hydrogen-bond acceptors (Lipinski definition) is 6. The molecule has 0 saturated heterocycles. The Morgan fingerprint density at radius 2 is 2.22 bits per heavy atom. The lowest BCUT2D eigenvalue weighted by molar-refractivity contribution is 0.0959. The molecule has 0 saturated carbocycles. The molecule has 2 unspecified atom stereocenters.